The van der Waals surface area contributed by atoms with Crippen LogP contribution in [0, 0.1) is 5.92 Å². The number of carbonyl (C=O) groups is 2. The minimum absolute atomic E-state index is 0.202. The summed E-state index contributed by atoms with van der Waals surface area (Å²) in [6.45, 7) is 6.22. The van der Waals surface area contributed by atoms with Gasteiger partial charge >= 0.3 is 0 Å². The van der Waals surface area contributed by atoms with Crippen molar-refractivity contribution in [2.75, 3.05) is 6.54 Å². The molecule has 136 valence electrons. The molecule has 0 saturated carbocycles. The van der Waals surface area contributed by atoms with Gasteiger partial charge in [-0.1, -0.05) is 61.2 Å². The number of halogens is 1. The van der Waals surface area contributed by atoms with Crippen LogP contribution in [0.5, 0.6) is 0 Å². The van der Waals surface area contributed by atoms with Gasteiger partial charge in [0.2, 0.25) is 0 Å². The van der Waals surface area contributed by atoms with E-state index in [1.54, 1.807) is 4.90 Å². The lowest BCUT2D eigenvalue weighted by molar-refractivity contribution is -0.130. The van der Waals surface area contributed by atoms with Gasteiger partial charge in [-0.05, 0) is 37.0 Å². The number of aliphatic hydroxyl groups excluding tert-OH is 1. The Balaban J connectivity index is 2.39. The zero-order valence-electron chi connectivity index (χ0n) is 15.1. The van der Waals surface area contributed by atoms with Crippen LogP contribution in [0.4, 0.5) is 0 Å². The minimum Gasteiger partial charge on any atom is -0.503 e. The predicted octanol–water partition coefficient (Wildman–Crippen LogP) is 4.95. The summed E-state index contributed by atoms with van der Waals surface area (Å²) < 4.78 is 0.879. The Morgan fingerprint density at radius 3 is 2.64 bits per heavy atom. The number of rotatable bonds is 8. The topological polar surface area (TPSA) is 57.6 Å². The first-order valence-electron chi connectivity index (χ1n) is 8.91. The number of hydrogen-bond donors (Lipinski definition) is 1. The van der Waals surface area contributed by atoms with Crippen LogP contribution in [0.25, 0.3) is 0 Å². The van der Waals surface area contributed by atoms with Gasteiger partial charge in [-0.25, -0.2) is 0 Å². The standard InChI is InChI=1S/C20H26BrNO3/c1-4-6-8-14(5-2)12-22-18(15-9-7-10-16(21)11-15)17(13(3)23)19(24)20(22)25/h7,9-11,14,18,24H,4-6,8,12H2,1-3H3. The van der Waals surface area contributed by atoms with E-state index in [-0.39, 0.29) is 11.4 Å². The molecule has 0 spiro atoms. The second kappa shape index (κ2) is 8.65. The fourth-order valence-corrected chi connectivity index (χ4v) is 3.84. The summed E-state index contributed by atoms with van der Waals surface area (Å²) in [4.78, 5) is 26.5. The van der Waals surface area contributed by atoms with Gasteiger partial charge in [0, 0.05) is 11.0 Å². The monoisotopic (exact) mass is 407 g/mol. The highest BCUT2D eigenvalue weighted by Gasteiger charge is 2.42. The van der Waals surface area contributed by atoms with Crippen molar-refractivity contribution in [1.29, 1.82) is 0 Å². The SMILES string of the molecule is CCCCC(CC)CN1C(=O)C(O)=C(C(C)=O)C1c1cccc(Br)c1. The summed E-state index contributed by atoms with van der Waals surface area (Å²) in [6, 6.07) is 7.06. The molecule has 1 amide bonds. The molecule has 2 atom stereocenters. The second-order valence-corrected chi connectivity index (χ2v) is 7.57. The number of amides is 1. The van der Waals surface area contributed by atoms with Crippen LogP contribution in [0.1, 0.15) is 58.1 Å². The number of carbonyl (C=O) groups excluding carboxylic acids is 2. The van der Waals surface area contributed by atoms with Crippen molar-refractivity contribution >= 4 is 27.6 Å². The van der Waals surface area contributed by atoms with E-state index in [1.807, 2.05) is 24.3 Å². The third kappa shape index (κ3) is 4.32. The van der Waals surface area contributed by atoms with Crippen molar-refractivity contribution < 1.29 is 14.7 Å². The summed E-state index contributed by atoms with van der Waals surface area (Å²) in [5.74, 6) is -0.745. The molecule has 25 heavy (non-hydrogen) atoms. The second-order valence-electron chi connectivity index (χ2n) is 6.65. The van der Waals surface area contributed by atoms with E-state index in [0.717, 1.165) is 35.7 Å². The van der Waals surface area contributed by atoms with Crippen molar-refractivity contribution in [2.45, 2.75) is 52.5 Å². The maximum absolute atomic E-state index is 12.7. The smallest absolute Gasteiger partial charge is 0.290 e. The van der Waals surface area contributed by atoms with Crippen LogP contribution in [-0.2, 0) is 9.59 Å². The Morgan fingerprint density at radius 2 is 2.08 bits per heavy atom. The first-order chi connectivity index (χ1) is 11.9. The van der Waals surface area contributed by atoms with Crippen LogP contribution in [0.3, 0.4) is 0 Å². The number of hydrogen-bond acceptors (Lipinski definition) is 3. The quantitative estimate of drug-likeness (QED) is 0.662. The lowest BCUT2D eigenvalue weighted by Crippen LogP contribution is -2.35. The summed E-state index contributed by atoms with van der Waals surface area (Å²) in [6.07, 6.45) is 4.23. The molecule has 1 aliphatic heterocycles. The van der Waals surface area contributed by atoms with E-state index in [0.29, 0.717) is 12.5 Å². The largest absolute Gasteiger partial charge is 0.503 e. The van der Waals surface area contributed by atoms with Gasteiger partial charge in [-0.3, -0.25) is 9.59 Å². The molecular weight excluding hydrogens is 382 g/mol. The molecule has 0 radical (unpaired) electrons. The van der Waals surface area contributed by atoms with E-state index in [1.165, 1.54) is 6.92 Å². The van der Waals surface area contributed by atoms with Crippen LogP contribution in [-0.4, -0.2) is 28.2 Å². The Bertz CT molecular complexity index is 683. The highest BCUT2D eigenvalue weighted by atomic mass is 79.9. The lowest BCUT2D eigenvalue weighted by atomic mass is 9.94. The molecule has 5 heteroatoms. The molecule has 1 N–H and O–H groups in total. The molecule has 0 bridgehead atoms. The van der Waals surface area contributed by atoms with Gasteiger partial charge in [0.05, 0.1) is 11.6 Å². The predicted molar refractivity (Wildman–Crippen MR) is 102 cm³/mol. The fourth-order valence-electron chi connectivity index (χ4n) is 3.42. The summed E-state index contributed by atoms with van der Waals surface area (Å²) in [5.41, 5.74) is 1.04. The molecule has 1 heterocycles. The Morgan fingerprint density at radius 1 is 1.36 bits per heavy atom. The van der Waals surface area contributed by atoms with Crippen LogP contribution < -0.4 is 0 Å². The molecule has 0 aliphatic carbocycles. The summed E-state index contributed by atoms with van der Waals surface area (Å²) >= 11 is 3.45. The van der Waals surface area contributed by atoms with Crippen molar-refractivity contribution in [3.05, 3.63) is 45.6 Å². The number of benzene rings is 1. The average molecular weight is 408 g/mol. The van der Waals surface area contributed by atoms with E-state index in [9.17, 15) is 14.7 Å². The van der Waals surface area contributed by atoms with E-state index in [2.05, 4.69) is 29.8 Å². The van der Waals surface area contributed by atoms with Gasteiger partial charge < -0.3 is 10.0 Å². The number of unbranched alkanes of at least 4 members (excludes halogenated alkanes) is 1. The van der Waals surface area contributed by atoms with Crippen LogP contribution in [0.2, 0.25) is 0 Å². The number of Topliss-reactive ketones (excluding diaryl/α,β-unsaturated/α-hetero) is 1. The zero-order chi connectivity index (χ0) is 18.6. The van der Waals surface area contributed by atoms with Gasteiger partial charge in [0.25, 0.3) is 5.91 Å². The molecule has 4 nitrogen and oxygen atoms in total. The summed E-state index contributed by atoms with van der Waals surface area (Å²) in [7, 11) is 0. The summed E-state index contributed by atoms with van der Waals surface area (Å²) in [5, 5.41) is 10.3. The van der Waals surface area contributed by atoms with Gasteiger partial charge in [-0.2, -0.15) is 0 Å². The lowest BCUT2D eigenvalue weighted by Gasteiger charge is -2.30. The first kappa shape index (κ1) is 19.7. The normalized spacial score (nSPS) is 18.8. The molecule has 1 aliphatic rings. The molecule has 2 unspecified atom stereocenters. The van der Waals surface area contributed by atoms with E-state index in [4.69, 9.17) is 0 Å². The third-order valence-corrected chi connectivity index (χ3v) is 5.34. The van der Waals surface area contributed by atoms with E-state index >= 15 is 0 Å². The highest BCUT2D eigenvalue weighted by Crippen LogP contribution is 2.39. The van der Waals surface area contributed by atoms with Gasteiger partial charge in [-0.15, -0.1) is 0 Å². The zero-order valence-corrected chi connectivity index (χ0v) is 16.7. The molecule has 0 saturated heterocycles. The average Bonchev–Trinajstić information content (AvgIpc) is 2.83. The Labute approximate surface area is 158 Å². The number of nitrogens with zero attached hydrogens (tertiary/aromatic N) is 1. The molecule has 1 aromatic carbocycles. The van der Waals surface area contributed by atoms with Crippen molar-refractivity contribution in [3.8, 4) is 0 Å². The minimum atomic E-state index is -0.516. The Hall–Kier alpha value is -1.62. The number of ketones is 1. The molecular formula is C20H26BrNO3. The Kier molecular flexibility index (Phi) is 6.82. The first-order valence-corrected chi connectivity index (χ1v) is 9.70. The molecule has 0 fully saturated rings. The van der Waals surface area contributed by atoms with Gasteiger partial charge in [0.1, 0.15) is 0 Å². The highest BCUT2D eigenvalue weighted by molar-refractivity contribution is 9.10. The van der Waals surface area contributed by atoms with Gasteiger partial charge in [0.15, 0.2) is 11.5 Å². The van der Waals surface area contributed by atoms with Crippen molar-refractivity contribution in [2.24, 2.45) is 5.92 Å². The maximum Gasteiger partial charge on any atom is 0.290 e. The third-order valence-electron chi connectivity index (χ3n) is 4.85. The molecule has 1 aromatic rings. The van der Waals surface area contributed by atoms with E-state index < -0.39 is 17.7 Å². The van der Waals surface area contributed by atoms with Crippen LogP contribution >= 0.6 is 15.9 Å². The molecule has 2 rings (SSSR count). The molecule has 0 aromatic heterocycles. The van der Waals surface area contributed by atoms with Crippen LogP contribution in [0.15, 0.2) is 40.1 Å². The van der Waals surface area contributed by atoms with Crippen molar-refractivity contribution in [3.63, 3.8) is 0 Å². The van der Waals surface area contributed by atoms with Crippen molar-refractivity contribution in [1.82, 2.24) is 4.90 Å². The maximum atomic E-state index is 12.7. The fraction of sp³-hybridized carbons (Fsp3) is 0.500. The number of aliphatic hydroxyl groups is 1.